The van der Waals surface area contributed by atoms with Crippen molar-refractivity contribution in [3.8, 4) is 11.5 Å². The van der Waals surface area contributed by atoms with Crippen LogP contribution in [0.1, 0.15) is 11.1 Å². The Kier molecular flexibility index (Phi) is 4.60. The molecule has 0 aliphatic rings. The summed E-state index contributed by atoms with van der Waals surface area (Å²) in [6, 6.07) is 3.64. The molecule has 0 spiro atoms. The lowest BCUT2D eigenvalue weighted by Gasteiger charge is -2.09. The van der Waals surface area contributed by atoms with Crippen molar-refractivity contribution in [2.24, 2.45) is 0 Å². The van der Waals surface area contributed by atoms with Crippen molar-refractivity contribution in [2.45, 2.75) is 26.6 Å². The second-order valence-corrected chi connectivity index (χ2v) is 10.7. The van der Waals surface area contributed by atoms with E-state index in [1.54, 1.807) is 6.07 Å². The summed E-state index contributed by atoms with van der Waals surface area (Å²) in [7, 11) is -1.49. The van der Waals surface area contributed by atoms with Crippen molar-refractivity contribution in [1.29, 1.82) is 0 Å². The Morgan fingerprint density at radius 2 is 2.00 bits per heavy atom. The van der Waals surface area contributed by atoms with E-state index in [-0.39, 0.29) is 0 Å². The van der Waals surface area contributed by atoms with Crippen molar-refractivity contribution in [1.82, 2.24) is 0 Å². The van der Waals surface area contributed by atoms with Gasteiger partial charge in [-0.3, -0.25) is 5.32 Å². The monoisotopic (exact) mass is 325 g/mol. The molecule has 0 aromatic heterocycles. The quantitative estimate of drug-likeness (QED) is 0.603. The van der Waals surface area contributed by atoms with E-state index in [1.807, 2.05) is 13.0 Å². The van der Waals surface area contributed by atoms with Gasteiger partial charge in [-0.1, -0.05) is 41.5 Å². The van der Waals surface area contributed by atoms with Gasteiger partial charge in [0.2, 0.25) is 0 Å². The van der Waals surface area contributed by atoms with Crippen molar-refractivity contribution in [3.05, 3.63) is 27.7 Å². The van der Waals surface area contributed by atoms with Gasteiger partial charge in [0, 0.05) is 10.0 Å². The van der Waals surface area contributed by atoms with Gasteiger partial charge in [0.15, 0.2) is 0 Å². The average Bonchev–Trinajstić information content (AvgIpc) is 2.19. The normalized spacial score (nSPS) is 10.5. The number of anilines is 1. The molecule has 1 rings (SSSR count). The Balaban J connectivity index is 3.26. The van der Waals surface area contributed by atoms with Crippen LogP contribution >= 0.6 is 15.9 Å². The topological polar surface area (TPSA) is 49.3 Å². The zero-order valence-electron chi connectivity index (χ0n) is 10.9. The zero-order chi connectivity index (χ0) is 13.9. The molecule has 3 nitrogen and oxygen atoms in total. The summed E-state index contributed by atoms with van der Waals surface area (Å²) in [6.07, 6.45) is -1.08. The molecule has 0 radical (unpaired) electrons. The van der Waals surface area contributed by atoms with Crippen LogP contribution in [0.25, 0.3) is 0 Å². The van der Waals surface area contributed by atoms with Gasteiger partial charge >= 0.3 is 6.09 Å². The van der Waals surface area contributed by atoms with Crippen LogP contribution in [0.2, 0.25) is 19.6 Å². The molecule has 0 bridgehead atoms. The number of rotatable bonds is 1. The summed E-state index contributed by atoms with van der Waals surface area (Å²) in [5.74, 6) is 3.08. The average molecular weight is 326 g/mol. The van der Waals surface area contributed by atoms with Crippen LogP contribution in [0, 0.1) is 18.4 Å². The SMILES string of the molecule is Cc1cc(NC(=O)O)c(C#C[Si](C)(C)C)cc1Br. The van der Waals surface area contributed by atoms with Crippen molar-refractivity contribution < 1.29 is 9.90 Å². The van der Waals surface area contributed by atoms with Crippen LogP contribution in [0.5, 0.6) is 0 Å². The lowest BCUT2D eigenvalue weighted by Crippen LogP contribution is -2.16. The molecule has 18 heavy (non-hydrogen) atoms. The van der Waals surface area contributed by atoms with Gasteiger partial charge in [0.1, 0.15) is 8.07 Å². The first-order valence-corrected chi connectivity index (χ1v) is 9.81. The highest BCUT2D eigenvalue weighted by molar-refractivity contribution is 9.10. The molecule has 96 valence electrons. The maximum absolute atomic E-state index is 10.8. The predicted molar refractivity (Wildman–Crippen MR) is 80.8 cm³/mol. The largest absolute Gasteiger partial charge is 0.465 e. The van der Waals surface area contributed by atoms with Gasteiger partial charge in [-0.15, -0.1) is 5.54 Å². The fraction of sp³-hybridized carbons (Fsp3) is 0.308. The lowest BCUT2D eigenvalue weighted by atomic mass is 10.1. The molecule has 5 heteroatoms. The number of carbonyl (C=O) groups is 1. The maximum Gasteiger partial charge on any atom is 0.409 e. The molecule has 0 atom stereocenters. The third-order valence-electron chi connectivity index (χ3n) is 2.11. The van der Waals surface area contributed by atoms with Crippen LogP contribution in [-0.2, 0) is 0 Å². The van der Waals surface area contributed by atoms with E-state index < -0.39 is 14.2 Å². The van der Waals surface area contributed by atoms with Crippen LogP contribution in [0.15, 0.2) is 16.6 Å². The maximum atomic E-state index is 10.8. The molecule has 0 saturated heterocycles. The van der Waals surface area contributed by atoms with Gasteiger partial charge in [-0.25, -0.2) is 4.79 Å². The van der Waals surface area contributed by atoms with Gasteiger partial charge in [-0.2, -0.15) is 0 Å². The fourth-order valence-electron chi connectivity index (χ4n) is 1.26. The molecule has 1 aromatic rings. The molecule has 2 N–H and O–H groups in total. The first-order valence-electron chi connectivity index (χ1n) is 5.52. The van der Waals surface area contributed by atoms with Crippen LogP contribution in [0.3, 0.4) is 0 Å². The van der Waals surface area contributed by atoms with Crippen molar-refractivity contribution in [3.63, 3.8) is 0 Å². The summed E-state index contributed by atoms with van der Waals surface area (Å²) in [6.45, 7) is 8.35. The summed E-state index contributed by atoms with van der Waals surface area (Å²) in [5, 5.41) is 11.2. The zero-order valence-corrected chi connectivity index (χ0v) is 13.5. The van der Waals surface area contributed by atoms with Crippen molar-refractivity contribution in [2.75, 3.05) is 5.32 Å². The number of carboxylic acid groups (broad SMARTS) is 1. The molecular formula is C13H16BrNO2Si. The van der Waals surface area contributed by atoms with E-state index in [0.717, 1.165) is 10.0 Å². The van der Waals surface area contributed by atoms with Crippen LogP contribution in [-0.4, -0.2) is 19.3 Å². The number of nitrogens with one attached hydrogen (secondary N) is 1. The predicted octanol–water partition coefficient (Wildman–Crippen LogP) is 4.08. The highest BCUT2D eigenvalue weighted by atomic mass is 79.9. The highest BCUT2D eigenvalue weighted by Gasteiger charge is 2.10. The Labute approximate surface area is 117 Å². The third-order valence-corrected chi connectivity index (χ3v) is 3.84. The molecule has 0 heterocycles. The number of aryl methyl sites for hydroxylation is 1. The van der Waals surface area contributed by atoms with E-state index in [1.165, 1.54) is 0 Å². The molecule has 0 aliphatic carbocycles. The molecule has 1 aromatic carbocycles. The van der Waals surface area contributed by atoms with E-state index in [4.69, 9.17) is 5.11 Å². The summed E-state index contributed by atoms with van der Waals surface area (Å²) < 4.78 is 0.929. The van der Waals surface area contributed by atoms with E-state index >= 15 is 0 Å². The van der Waals surface area contributed by atoms with Crippen LogP contribution < -0.4 is 5.32 Å². The summed E-state index contributed by atoms with van der Waals surface area (Å²) in [5.41, 5.74) is 5.45. The van der Waals surface area contributed by atoms with Gasteiger partial charge in [0.25, 0.3) is 0 Å². The van der Waals surface area contributed by atoms with E-state index in [0.29, 0.717) is 11.3 Å². The molecule has 0 saturated carbocycles. The Hall–Kier alpha value is -1.25. The molecular weight excluding hydrogens is 310 g/mol. The highest BCUT2D eigenvalue weighted by Crippen LogP contribution is 2.24. The Morgan fingerprint density at radius 1 is 1.39 bits per heavy atom. The first kappa shape index (κ1) is 14.8. The van der Waals surface area contributed by atoms with Gasteiger partial charge in [0.05, 0.1) is 5.69 Å². The Bertz CT molecular complexity index is 538. The lowest BCUT2D eigenvalue weighted by molar-refractivity contribution is 0.209. The first-order chi connectivity index (χ1) is 8.19. The Morgan fingerprint density at radius 3 is 2.50 bits per heavy atom. The molecule has 0 fully saturated rings. The summed E-state index contributed by atoms with van der Waals surface area (Å²) >= 11 is 3.44. The van der Waals surface area contributed by atoms with E-state index in [9.17, 15) is 4.79 Å². The molecule has 0 aliphatic heterocycles. The van der Waals surface area contributed by atoms with E-state index in [2.05, 4.69) is 52.4 Å². The minimum Gasteiger partial charge on any atom is -0.465 e. The number of hydrogen-bond donors (Lipinski definition) is 2. The third kappa shape index (κ3) is 4.55. The number of halogens is 1. The second-order valence-electron chi connectivity index (χ2n) is 5.08. The molecule has 0 unspecified atom stereocenters. The summed E-state index contributed by atoms with van der Waals surface area (Å²) in [4.78, 5) is 10.8. The molecule has 1 amide bonds. The standard InChI is InChI=1S/C13H16BrNO2Si/c1-9-7-12(15-13(16)17)10(8-11(9)14)5-6-18(2,3)4/h7-8,15H,1-4H3,(H,16,17). The number of hydrogen-bond acceptors (Lipinski definition) is 1. The smallest absolute Gasteiger partial charge is 0.409 e. The van der Waals surface area contributed by atoms with Crippen molar-refractivity contribution >= 4 is 35.8 Å². The van der Waals surface area contributed by atoms with Gasteiger partial charge < -0.3 is 5.11 Å². The number of benzene rings is 1. The minimum absolute atomic E-state index is 0.536. The minimum atomic E-state index is -1.49. The van der Waals surface area contributed by atoms with Crippen LogP contribution in [0.4, 0.5) is 10.5 Å². The second kappa shape index (κ2) is 5.59. The fourth-order valence-corrected chi connectivity index (χ4v) is 2.11. The van der Waals surface area contributed by atoms with Gasteiger partial charge in [-0.05, 0) is 24.6 Å². The number of amides is 1.